The Morgan fingerprint density at radius 1 is 1.41 bits per heavy atom. The predicted octanol–water partition coefficient (Wildman–Crippen LogP) is 2.39. The molecule has 17 heavy (non-hydrogen) atoms. The van der Waals surface area contributed by atoms with Gasteiger partial charge in [-0.2, -0.15) is 0 Å². The Morgan fingerprint density at radius 2 is 2.06 bits per heavy atom. The zero-order valence-electron chi connectivity index (χ0n) is 11.8. The first-order valence-electron chi connectivity index (χ1n) is 6.44. The Hall–Kier alpha value is -0.770. The number of amides is 1. The minimum atomic E-state index is -0.422. The molecule has 1 aliphatic heterocycles. The third-order valence-corrected chi connectivity index (χ3v) is 3.17. The van der Waals surface area contributed by atoms with Gasteiger partial charge < -0.3 is 15.0 Å². The average Bonchev–Trinajstić information content (AvgIpc) is 2.15. The number of carbonyl (C=O) groups excluding carboxylic acids is 1. The van der Waals surface area contributed by atoms with Crippen LogP contribution in [0.1, 0.15) is 47.0 Å². The highest BCUT2D eigenvalue weighted by molar-refractivity contribution is 5.69. The van der Waals surface area contributed by atoms with Crippen LogP contribution in [0.2, 0.25) is 0 Å². The van der Waals surface area contributed by atoms with Gasteiger partial charge in [-0.05, 0) is 54.0 Å². The lowest BCUT2D eigenvalue weighted by Gasteiger charge is -2.45. The lowest BCUT2D eigenvalue weighted by atomic mass is 9.89. The number of hydrogen-bond acceptors (Lipinski definition) is 3. The fourth-order valence-electron chi connectivity index (χ4n) is 2.37. The van der Waals surface area contributed by atoms with Crippen molar-refractivity contribution >= 4 is 6.09 Å². The zero-order chi connectivity index (χ0) is 13.1. The number of likely N-dealkylation sites (N-methyl/N-ethyl adjacent to an activating group) is 1. The molecule has 1 fully saturated rings. The largest absolute Gasteiger partial charge is 0.444 e. The lowest BCUT2D eigenvalue weighted by Crippen LogP contribution is -2.58. The molecule has 0 aromatic rings. The molecule has 1 amide bonds. The van der Waals surface area contributed by atoms with Crippen molar-refractivity contribution in [2.24, 2.45) is 0 Å². The van der Waals surface area contributed by atoms with E-state index in [2.05, 4.69) is 12.2 Å². The number of nitrogens with one attached hydrogen (secondary N) is 1. The molecule has 0 bridgehead atoms. The molecule has 1 atom stereocenters. The van der Waals surface area contributed by atoms with Crippen LogP contribution >= 0.6 is 0 Å². The van der Waals surface area contributed by atoms with E-state index in [0.717, 1.165) is 25.9 Å². The van der Waals surface area contributed by atoms with Gasteiger partial charge in [0.25, 0.3) is 0 Å². The fraction of sp³-hybridized carbons (Fsp3) is 0.923. The number of rotatable bonds is 2. The van der Waals surface area contributed by atoms with Crippen LogP contribution in [0.25, 0.3) is 0 Å². The smallest absolute Gasteiger partial charge is 0.410 e. The Kier molecular flexibility index (Phi) is 4.42. The molecule has 4 heteroatoms. The van der Waals surface area contributed by atoms with Crippen LogP contribution in [0.3, 0.4) is 0 Å². The van der Waals surface area contributed by atoms with Gasteiger partial charge in [0, 0.05) is 13.1 Å². The van der Waals surface area contributed by atoms with Crippen molar-refractivity contribution in [3.8, 4) is 0 Å². The summed E-state index contributed by atoms with van der Waals surface area (Å²) < 4.78 is 5.48. The second kappa shape index (κ2) is 5.25. The molecule has 0 aliphatic carbocycles. The molecule has 4 nitrogen and oxygen atoms in total. The molecule has 0 radical (unpaired) electrons. The summed E-state index contributed by atoms with van der Waals surface area (Å²) >= 11 is 0. The normalized spacial score (nSPS) is 25.8. The quantitative estimate of drug-likeness (QED) is 0.808. The molecule has 1 aliphatic rings. The summed E-state index contributed by atoms with van der Waals surface area (Å²) in [6, 6.07) is 0. The molecule has 0 aromatic heterocycles. The van der Waals surface area contributed by atoms with Gasteiger partial charge in [-0.25, -0.2) is 4.79 Å². The van der Waals surface area contributed by atoms with E-state index in [4.69, 9.17) is 4.74 Å². The number of ether oxygens (including phenoxy) is 1. The predicted molar refractivity (Wildman–Crippen MR) is 69.1 cm³/mol. The van der Waals surface area contributed by atoms with Gasteiger partial charge >= 0.3 is 6.09 Å². The summed E-state index contributed by atoms with van der Waals surface area (Å²) in [5, 5.41) is 3.18. The molecule has 1 rings (SSSR count). The molecule has 1 unspecified atom stereocenters. The molecule has 1 saturated heterocycles. The van der Waals surface area contributed by atoms with E-state index < -0.39 is 5.60 Å². The summed E-state index contributed by atoms with van der Waals surface area (Å²) in [6.07, 6.45) is 3.10. The first kappa shape index (κ1) is 14.3. The third-order valence-electron chi connectivity index (χ3n) is 3.17. The van der Waals surface area contributed by atoms with Crippen LogP contribution in [-0.2, 0) is 4.74 Å². The van der Waals surface area contributed by atoms with E-state index in [0.29, 0.717) is 0 Å². The van der Waals surface area contributed by atoms with Gasteiger partial charge in [-0.15, -0.1) is 0 Å². The first-order chi connectivity index (χ1) is 7.78. The maximum Gasteiger partial charge on any atom is 0.410 e. The Bertz CT molecular complexity index is 269. The standard InChI is InChI=1S/C13H26N2O2/c1-12(2,3)17-11(16)15-9-7-6-8-13(15,4)10-14-5/h14H,6-10H2,1-5H3. The maximum absolute atomic E-state index is 12.2. The zero-order valence-corrected chi connectivity index (χ0v) is 11.8. The van der Waals surface area contributed by atoms with E-state index >= 15 is 0 Å². The highest BCUT2D eigenvalue weighted by atomic mass is 16.6. The van der Waals surface area contributed by atoms with Crippen molar-refractivity contribution < 1.29 is 9.53 Å². The second-order valence-electron chi connectivity index (χ2n) is 6.12. The molecule has 0 aromatic carbocycles. The van der Waals surface area contributed by atoms with Crippen molar-refractivity contribution in [1.82, 2.24) is 10.2 Å². The highest BCUT2D eigenvalue weighted by Gasteiger charge is 2.38. The Morgan fingerprint density at radius 3 is 2.59 bits per heavy atom. The molecule has 1 heterocycles. The van der Waals surface area contributed by atoms with Crippen molar-refractivity contribution in [3.05, 3.63) is 0 Å². The van der Waals surface area contributed by atoms with Gasteiger partial charge in [0.2, 0.25) is 0 Å². The third kappa shape index (κ3) is 3.87. The highest BCUT2D eigenvalue weighted by Crippen LogP contribution is 2.28. The van der Waals surface area contributed by atoms with Crippen LogP contribution in [-0.4, -0.2) is 42.3 Å². The van der Waals surface area contributed by atoms with Gasteiger partial charge in [0.15, 0.2) is 0 Å². The SMILES string of the molecule is CNCC1(C)CCCCN1C(=O)OC(C)(C)C. The summed E-state index contributed by atoms with van der Waals surface area (Å²) in [6.45, 7) is 9.46. The van der Waals surface area contributed by atoms with E-state index in [1.54, 1.807) is 0 Å². The summed E-state index contributed by atoms with van der Waals surface area (Å²) in [5.41, 5.74) is -0.537. The Balaban J connectivity index is 2.74. The number of piperidine rings is 1. The van der Waals surface area contributed by atoms with Crippen LogP contribution in [0, 0.1) is 0 Å². The number of likely N-dealkylation sites (tertiary alicyclic amines) is 1. The van der Waals surface area contributed by atoms with Crippen molar-refractivity contribution in [2.45, 2.75) is 58.1 Å². The molecule has 0 saturated carbocycles. The molecular formula is C13H26N2O2. The van der Waals surface area contributed by atoms with E-state index in [1.807, 2.05) is 32.7 Å². The van der Waals surface area contributed by atoms with Crippen molar-refractivity contribution in [3.63, 3.8) is 0 Å². The number of hydrogen-bond donors (Lipinski definition) is 1. The van der Waals surface area contributed by atoms with Gasteiger partial charge in [-0.1, -0.05) is 0 Å². The van der Waals surface area contributed by atoms with Gasteiger partial charge in [0.1, 0.15) is 5.60 Å². The maximum atomic E-state index is 12.2. The van der Waals surface area contributed by atoms with Gasteiger partial charge in [-0.3, -0.25) is 0 Å². The van der Waals surface area contributed by atoms with Crippen LogP contribution in [0.4, 0.5) is 4.79 Å². The van der Waals surface area contributed by atoms with E-state index in [1.165, 1.54) is 6.42 Å². The molecule has 100 valence electrons. The Labute approximate surface area is 105 Å². The lowest BCUT2D eigenvalue weighted by molar-refractivity contribution is -0.0103. The van der Waals surface area contributed by atoms with Crippen molar-refractivity contribution in [1.29, 1.82) is 0 Å². The number of carbonyl (C=O) groups is 1. The van der Waals surface area contributed by atoms with Crippen LogP contribution in [0.15, 0.2) is 0 Å². The fourth-order valence-corrected chi connectivity index (χ4v) is 2.37. The average molecular weight is 242 g/mol. The van der Waals surface area contributed by atoms with E-state index in [-0.39, 0.29) is 11.6 Å². The van der Waals surface area contributed by atoms with Crippen LogP contribution in [0.5, 0.6) is 0 Å². The van der Waals surface area contributed by atoms with Crippen molar-refractivity contribution in [2.75, 3.05) is 20.1 Å². The van der Waals surface area contributed by atoms with E-state index in [9.17, 15) is 4.79 Å². The first-order valence-corrected chi connectivity index (χ1v) is 6.44. The monoisotopic (exact) mass is 242 g/mol. The number of nitrogens with zero attached hydrogens (tertiary/aromatic N) is 1. The molecule has 0 spiro atoms. The minimum absolute atomic E-state index is 0.116. The van der Waals surface area contributed by atoms with Crippen LogP contribution < -0.4 is 5.32 Å². The van der Waals surface area contributed by atoms with Gasteiger partial charge in [0.05, 0.1) is 5.54 Å². The summed E-state index contributed by atoms with van der Waals surface area (Å²) in [7, 11) is 1.92. The summed E-state index contributed by atoms with van der Waals surface area (Å²) in [5.74, 6) is 0. The molecule has 1 N–H and O–H groups in total. The topological polar surface area (TPSA) is 41.6 Å². The summed E-state index contributed by atoms with van der Waals surface area (Å²) in [4.78, 5) is 14.1. The minimum Gasteiger partial charge on any atom is -0.444 e. The molecular weight excluding hydrogens is 216 g/mol. The second-order valence-corrected chi connectivity index (χ2v) is 6.12.